The van der Waals surface area contributed by atoms with Crippen molar-refractivity contribution in [2.75, 3.05) is 24.6 Å². The third kappa shape index (κ3) is 3.58. The lowest BCUT2D eigenvalue weighted by Gasteiger charge is -2.16. The summed E-state index contributed by atoms with van der Waals surface area (Å²) in [7, 11) is -2.78. The molecule has 1 saturated carbocycles. The molecule has 0 aromatic carbocycles. The highest BCUT2D eigenvalue weighted by atomic mass is 32.2. The quantitative estimate of drug-likeness (QED) is 0.272. The maximum Gasteiger partial charge on any atom is 0.150 e. The number of rotatable bonds is 6. The number of nitrogens with zero attached hydrogens (tertiary/aromatic N) is 1. The predicted molar refractivity (Wildman–Crippen MR) is 69.3 cm³/mol. The third-order valence-electron chi connectivity index (χ3n) is 3.90. The van der Waals surface area contributed by atoms with Gasteiger partial charge in [-0.3, -0.25) is 0 Å². The lowest BCUT2D eigenvalue weighted by molar-refractivity contribution is 0.314. The molecule has 0 radical (unpaired) electrons. The smallest absolute Gasteiger partial charge is 0.150 e. The molecular formula is C11H21N3O3S. The van der Waals surface area contributed by atoms with Crippen LogP contribution < -0.4 is 11.1 Å². The number of sulfone groups is 1. The van der Waals surface area contributed by atoms with E-state index in [2.05, 4.69) is 10.5 Å². The fourth-order valence-corrected chi connectivity index (χ4v) is 4.45. The molecule has 2 fully saturated rings. The number of amidine groups is 1. The van der Waals surface area contributed by atoms with E-state index in [1.165, 1.54) is 0 Å². The van der Waals surface area contributed by atoms with Crippen LogP contribution in [-0.4, -0.2) is 44.1 Å². The molecule has 6 nitrogen and oxygen atoms in total. The second-order valence-electron chi connectivity index (χ2n) is 5.67. The first-order chi connectivity index (χ1) is 8.45. The Morgan fingerprint density at radius 1 is 1.50 bits per heavy atom. The van der Waals surface area contributed by atoms with Crippen LogP contribution >= 0.6 is 0 Å². The zero-order chi connectivity index (χ0) is 13.2. The molecule has 0 amide bonds. The Balaban J connectivity index is 1.70. The molecule has 0 aromatic rings. The maximum atomic E-state index is 11.3. The minimum Gasteiger partial charge on any atom is -0.409 e. The highest BCUT2D eigenvalue weighted by Gasteiger charge is 2.43. The van der Waals surface area contributed by atoms with E-state index in [1.54, 1.807) is 0 Å². The van der Waals surface area contributed by atoms with E-state index in [1.807, 2.05) is 0 Å². The van der Waals surface area contributed by atoms with E-state index >= 15 is 0 Å². The molecule has 1 aliphatic carbocycles. The van der Waals surface area contributed by atoms with Gasteiger partial charge < -0.3 is 16.3 Å². The monoisotopic (exact) mass is 275 g/mol. The molecule has 0 aromatic heterocycles. The number of hydrogen-bond donors (Lipinski definition) is 3. The second kappa shape index (κ2) is 5.05. The minimum atomic E-state index is -2.78. The molecule has 1 atom stereocenters. The summed E-state index contributed by atoms with van der Waals surface area (Å²) in [6.07, 6.45) is 3.54. The van der Waals surface area contributed by atoms with Crippen LogP contribution in [0.25, 0.3) is 0 Å². The number of nitrogens with two attached hydrogens (primary N) is 1. The number of hydrogen-bond acceptors (Lipinski definition) is 5. The Morgan fingerprint density at radius 3 is 2.72 bits per heavy atom. The van der Waals surface area contributed by atoms with Gasteiger partial charge in [0.25, 0.3) is 0 Å². The standard InChI is InChI=1S/C11H21N3O3S/c12-10(14-15)5-11(2-3-11)8-13-6-9-1-4-18(16,17)7-9/h9,13,15H,1-8H2,(H2,12,14). The van der Waals surface area contributed by atoms with Crippen molar-refractivity contribution in [2.24, 2.45) is 22.2 Å². The van der Waals surface area contributed by atoms with E-state index in [-0.39, 0.29) is 17.2 Å². The van der Waals surface area contributed by atoms with Crippen molar-refractivity contribution in [3.05, 3.63) is 0 Å². The summed E-state index contributed by atoms with van der Waals surface area (Å²) in [4.78, 5) is 0. The zero-order valence-corrected chi connectivity index (χ0v) is 11.2. The molecule has 0 spiro atoms. The first-order valence-electron chi connectivity index (χ1n) is 6.32. The van der Waals surface area contributed by atoms with Crippen LogP contribution in [0.15, 0.2) is 5.16 Å². The average Bonchev–Trinajstić information content (AvgIpc) is 2.96. The molecule has 7 heteroatoms. The average molecular weight is 275 g/mol. The van der Waals surface area contributed by atoms with Gasteiger partial charge in [-0.25, -0.2) is 8.42 Å². The SMILES string of the molecule is NC(CC1(CNCC2CCS(=O)(=O)C2)CC1)=NO. The van der Waals surface area contributed by atoms with Crippen molar-refractivity contribution in [3.8, 4) is 0 Å². The van der Waals surface area contributed by atoms with E-state index in [0.717, 1.165) is 32.4 Å². The van der Waals surface area contributed by atoms with Crippen molar-refractivity contribution in [2.45, 2.75) is 25.7 Å². The van der Waals surface area contributed by atoms with Gasteiger partial charge in [0.2, 0.25) is 0 Å². The Morgan fingerprint density at radius 2 is 2.22 bits per heavy atom. The molecule has 2 rings (SSSR count). The van der Waals surface area contributed by atoms with Gasteiger partial charge in [0.15, 0.2) is 9.84 Å². The normalized spacial score (nSPS) is 29.3. The van der Waals surface area contributed by atoms with Crippen LogP contribution in [0.3, 0.4) is 0 Å². The summed E-state index contributed by atoms with van der Waals surface area (Å²) in [5.41, 5.74) is 5.65. The Labute approximate surface area is 108 Å². The fraction of sp³-hybridized carbons (Fsp3) is 0.909. The third-order valence-corrected chi connectivity index (χ3v) is 5.74. The van der Waals surface area contributed by atoms with Gasteiger partial charge in [0.05, 0.1) is 11.5 Å². The van der Waals surface area contributed by atoms with Crippen molar-refractivity contribution in [1.82, 2.24) is 5.32 Å². The van der Waals surface area contributed by atoms with E-state index < -0.39 is 9.84 Å². The van der Waals surface area contributed by atoms with Crippen molar-refractivity contribution in [1.29, 1.82) is 0 Å². The summed E-state index contributed by atoms with van der Waals surface area (Å²) in [6, 6.07) is 0. The van der Waals surface area contributed by atoms with E-state index in [9.17, 15) is 8.42 Å². The highest BCUT2D eigenvalue weighted by Crippen LogP contribution is 2.48. The number of nitrogens with one attached hydrogen (secondary N) is 1. The molecule has 1 saturated heterocycles. The molecule has 4 N–H and O–H groups in total. The summed E-state index contributed by atoms with van der Waals surface area (Å²) < 4.78 is 22.6. The summed E-state index contributed by atoms with van der Waals surface area (Å²) >= 11 is 0. The first-order valence-corrected chi connectivity index (χ1v) is 8.14. The summed E-state index contributed by atoms with van der Waals surface area (Å²) in [5.74, 6) is 1.16. The topological polar surface area (TPSA) is 105 Å². The van der Waals surface area contributed by atoms with Crippen LogP contribution in [0.4, 0.5) is 0 Å². The molecule has 1 heterocycles. The molecule has 18 heavy (non-hydrogen) atoms. The first kappa shape index (κ1) is 13.6. The van der Waals surface area contributed by atoms with E-state index in [4.69, 9.17) is 10.9 Å². The van der Waals surface area contributed by atoms with Gasteiger partial charge in [-0.15, -0.1) is 0 Å². The predicted octanol–water partition coefficient (Wildman–Crippen LogP) is -0.0726. The van der Waals surface area contributed by atoms with Crippen LogP contribution in [0.1, 0.15) is 25.7 Å². The Hall–Kier alpha value is -0.820. The Bertz CT molecular complexity index is 429. The van der Waals surface area contributed by atoms with Gasteiger partial charge in [-0.05, 0) is 37.1 Å². The second-order valence-corrected chi connectivity index (χ2v) is 7.90. The highest BCUT2D eigenvalue weighted by molar-refractivity contribution is 7.91. The van der Waals surface area contributed by atoms with E-state index in [0.29, 0.717) is 17.9 Å². The van der Waals surface area contributed by atoms with Gasteiger partial charge in [0.1, 0.15) is 5.84 Å². The molecule has 2 aliphatic rings. The maximum absolute atomic E-state index is 11.3. The van der Waals surface area contributed by atoms with Crippen molar-refractivity contribution >= 4 is 15.7 Å². The number of oxime groups is 1. The van der Waals surface area contributed by atoms with Crippen LogP contribution in [0.2, 0.25) is 0 Å². The lowest BCUT2D eigenvalue weighted by Crippen LogP contribution is -2.32. The van der Waals surface area contributed by atoms with Crippen molar-refractivity contribution in [3.63, 3.8) is 0 Å². The molecule has 0 bridgehead atoms. The zero-order valence-electron chi connectivity index (χ0n) is 10.4. The van der Waals surface area contributed by atoms with Gasteiger partial charge in [-0.2, -0.15) is 0 Å². The fourth-order valence-electron chi connectivity index (χ4n) is 2.59. The van der Waals surface area contributed by atoms with Crippen LogP contribution in [0.5, 0.6) is 0 Å². The van der Waals surface area contributed by atoms with Gasteiger partial charge >= 0.3 is 0 Å². The minimum absolute atomic E-state index is 0.133. The summed E-state index contributed by atoms with van der Waals surface area (Å²) in [6.45, 7) is 1.57. The molecule has 1 unspecified atom stereocenters. The lowest BCUT2D eigenvalue weighted by atomic mass is 10.0. The van der Waals surface area contributed by atoms with Crippen LogP contribution in [-0.2, 0) is 9.84 Å². The van der Waals surface area contributed by atoms with Crippen LogP contribution in [0, 0.1) is 11.3 Å². The van der Waals surface area contributed by atoms with Gasteiger partial charge in [-0.1, -0.05) is 5.16 Å². The molecule has 1 aliphatic heterocycles. The molecule has 104 valence electrons. The Kier molecular flexibility index (Phi) is 3.82. The van der Waals surface area contributed by atoms with Gasteiger partial charge in [0, 0.05) is 13.0 Å². The molecular weight excluding hydrogens is 254 g/mol. The largest absolute Gasteiger partial charge is 0.409 e. The summed E-state index contributed by atoms with van der Waals surface area (Å²) in [5, 5.41) is 14.9. The van der Waals surface area contributed by atoms with Crippen molar-refractivity contribution < 1.29 is 13.6 Å².